The summed E-state index contributed by atoms with van der Waals surface area (Å²) < 4.78 is 6.12. The van der Waals surface area contributed by atoms with Crippen molar-refractivity contribution in [2.45, 2.75) is 26.7 Å². The van der Waals surface area contributed by atoms with E-state index in [1.807, 2.05) is 24.3 Å². The summed E-state index contributed by atoms with van der Waals surface area (Å²) in [7, 11) is 1.23. The molecule has 0 aliphatic carbocycles. The Hall–Kier alpha value is -2.43. The smallest absolute Gasteiger partial charge is 0.362 e. The first-order chi connectivity index (χ1) is 9.93. The second-order valence-corrected chi connectivity index (χ2v) is 5.17. The minimum Gasteiger partial charge on any atom is -0.464 e. The van der Waals surface area contributed by atoms with Crippen molar-refractivity contribution in [1.29, 1.82) is 0 Å². The fraction of sp³-hybridized carbons (Fsp3) is 0.312. The standard InChI is InChI=1S/C16H18N2O3/c1-10(2)12-5-7-13(8-6-12)18-9-11(3)15(19)14(17-18)16(20)21-4/h5-10H,1-4H3. The molecule has 0 fully saturated rings. The third-order valence-electron chi connectivity index (χ3n) is 3.30. The van der Waals surface area contributed by atoms with Crippen molar-refractivity contribution in [2.75, 3.05) is 7.11 Å². The number of methoxy groups -OCH3 is 1. The zero-order chi connectivity index (χ0) is 15.6. The lowest BCUT2D eigenvalue weighted by Crippen LogP contribution is -2.24. The number of hydrogen-bond acceptors (Lipinski definition) is 4. The Bertz CT molecular complexity index is 715. The van der Waals surface area contributed by atoms with Gasteiger partial charge in [0, 0.05) is 11.8 Å². The molecule has 2 aromatic rings. The lowest BCUT2D eigenvalue weighted by molar-refractivity contribution is 0.0590. The number of benzene rings is 1. The van der Waals surface area contributed by atoms with Gasteiger partial charge in [0.15, 0.2) is 0 Å². The minimum absolute atomic E-state index is 0.203. The van der Waals surface area contributed by atoms with Gasteiger partial charge in [-0.15, -0.1) is 0 Å². The monoisotopic (exact) mass is 286 g/mol. The maximum Gasteiger partial charge on any atom is 0.362 e. The second kappa shape index (κ2) is 5.91. The highest BCUT2D eigenvalue weighted by atomic mass is 16.5. The van der Waals surface area contributed by atoms with Gasteiger partial charge in [-0.2, -0.15) is 5.10 Å². The molecule has 0 radical (unpaired) electrons. The summed E-state index contributed by atoms with van der Waals surface area (Å²) in [6.45, 7) is 5.88. The highest BCUT2D eigenvalue weighted by molar-refractivity contribution is 5.87. The van der Waals surface area contributed by atoms with Crippen LogP contribution in [0.25, 0.3) is 5.69 Å². The highest BCUT2D eigenvalue weighted by Crippen LogP contribution is 2.16. The third-order valence-corrected chi connectivity index (χ3v) is 3.30. The van der Waals surface area contributed by atoms with Gasteiger partial charge >= 0.3 is 5.97 Å². The predicted molar refractivity (Wildman–Crippen MR) is 80.0 cm³/mol. The minimum atomic E-state index is -0.726. The summed E-state index contributed by atoms with van der Waals surface area (Å²) in [6, 6.07) is 7.83. The maximum absolute atomic E-state index is 11.9. The van der Waals surface area contributed by atoms with Crippen molar-refractivity contribution in [1.82, 2.24) is 9.78 Å². The quantitative estimate of drug-likeness (QED) is 0.813. The number of aryl methyl sites for hydroxylation is 1. The number of aromatic nitrogens is 2. The van der Waals surface area contributed by atoms with Crippen LogP contribution in [0.5, 0.6) is 0 Å². The molecule has 21 heavy (non-hydrogen) atoms. The van der Waals surface area contributed by atoms with Gasteiger partial charge in [0.25, 0.3) is 0 Å². The summed E-state index contributed by atoms with van der Waals surface area (Å²) >= 11 is 0. The van der Waals surface area contributed by atoms with Crippen LogP contribution in [0.1, 0.15) is 41.4 Å². The molecule has 0 spiro atoms. The first-order valence-electron chi connectivity index (χ1n) is 6.73. The maximum atomic E-state index is 11.9. The molecule has 5 heteroatoms. The SMILES string of the molecule is COC(=O)c1nn(-c2ccc(C(C)C)cc2)cc(C)c1=O. The molecule has 0 bridgehead atoms. The van der Waals surface area contributed by atoms with E-state index in [-0.39, 0.29) is 5.69 Å². The van der Waals surface area contributed by atoms with E-state index < -0.39 is 11.4 Å². The van der Waals surface area contributed by atoms with Crippen LogP contribution in [0.15, 0.2) is 35.3 Å². The van der Waals surface area contributed by atoms with Gasteiger partial charge in [-0.3, -0.25) is 4.79 Å². The van der Waals surface area contributed by atoms with Crippen molar-refractivity contribution in [3.05, 3.63) is 57.5 Å². The molecule has 0 saturated heterocycles. The molecule has 1 aromatic heterocycles. The molecule has 110 valence electrons. The van der Waals surface area contributed by atoms with Gasteiger partial charge in [0.1, 0.15) is 0 Å². The summed E-state index contributed by atoms with van der Waals surface area (Å²) in [5, 5.41) is 4.08. The Morgan fingerprint density at radius 3 is 2.38 bits per heavy atom. The van der Waals surface area contributed by atoms with Gasteiger partial charge in [0.05, 0.1) is 12.8 Å². The number of hydrogen-bond donors (Lipinski definition) is 0. The largest absolute Gasteiger partial charge is 0.464 e. The van der Waals surface area contributed by atoms with E-state index in [1.165, 1.54) is 17.4 Å². The number of esters is 1. The highest BCUT2D eigenvalue weighted by Gasteiger charge is 2.16. The van der Waals surface area contributed by atoms with E-state index in [0.29, 0.717) is 11.5 Å². The molecule has 1 aromatic carbocycles. The Balaban J connectivity index is 2.51. The summed E-state index contributed by atoms with van der Waals surface area (Å²) in [6.07, 6.45) is 1.61. The lowest BCUT2D eigenvalue weighted by atomic mass is 10.0. The summed E-state index contributed by atoms with van der Waals surface area (Å²) in [4.78, 5) is 23.5. The Morgan fingerprint density at radius 2 is 1.86 bits per heavy atom. The molecule has 0 aliphatic heterocycles. The number of carbonyl (C=O) groups is 1. The number of nitrogens with zero attached hydrogens (tertiary/aromatic N) is 2. The Kier molecular flexibility index (Phi) is 4.21. The predicted octanol–water partition coefficient (Wildman–Crippen LogP) is 2.45. The molecular weight excluding hydrogens is 268 g/mol. The average Bonchev–Trinajstić information content (AvgIpc) is 2.49. The molecule has 0 unspecified atom stereocenters. The van der Waals surface area contributed by atoms with Crippen LogP contribution in [-0.2, 0) is 4.74 Å². The van der Waals surface area contributed by atoms with Crippen LogP contribution in [0.2, 0.25) is 0 Å². The Labute approximate surface area is 123 Å². The summed E-state index contributed by atoms with van der Waals surface area (Å²) in [5.41, 5.74) is 1.83. The van der Waals surface area contributed by atoms with Crippen molar-refractivity contribution in [3.8, 4) is 5.69 Å². The van der Waals surface area contributed by atoms with Gasteiger partial charge in [-0.25, -0.2) is 9.48 Å². The van der Waals surface area contributed by atoms with Crippen LogP contribution in [0.3, 0.4) is 0 Å². The molecule has 1 heterocycles. The number of carbonyl (C=O) groups excluding carboxylic acids is 1. The zero-order valence-electron chi connectivity index (χ0n) is 12.6. The molecule has 2 rings (SSSR count). The van der Waals surface area contributed by atoms with Crippen LogP contribution in [0.4, 0.5) is 0 Å². The van der Waals surface area contributed by atoms with E-state index >= 15 is 0 Å². The van der Waals surface area contributed by atoms with Crippen LogP contribution >= 0.6 is 0 Å². The van der Waals surface area contributed by atoms with Gasteiger partial charge in [-0.05, 0) is 30.5 Å². The zero-order valence-corrected chi connectivity index (χ0v) is 12.6. The first kappa shape index (κ1) is 15.0. The van der Waals surface area contributed by atoms with Crippen molar-refractivity contribution < 1.29 is 9.53 Å². The molecule has 0 amide bonds. The first-order valence-corrected chi connectivity index (χ1v) is 6.73. The van der Waals surface area contributed by atoms with E-state index in [0.717, 1.165) is 5.69 Å². The number of ether oxygens (including phenoxy) is 1. The Morgan fingerprint density at radius 1 is 1.24 bits per heavy atom. The average molecular weight is 286 g/mol. The third kappa shape index (κ3) is 3.02. The van der Waals surface area contributed by atoms with Crippen molar-refractivity contribution in [3.63, 3.8) is 0 Å². The van der Waals surface area contributed by atoms with E-state index in [9.17, 15) is 9.59 Å². The van der Waals surface area contributed by atoms with Crippen molar-refractivity contribution >= 4 is 5.97 Å². The molecule has 0 saturated carbocycles. The van der Waals surface area contributed by atoms with E-state index in [4.69, 9.17) is 0 Å². The van der Waals surface area contributed by atoms with Crippen LogP contribution < -0.4 is 5.43 Å². The van der Waals surface area contributed by atoms with Crippen molar-refractivity contribution in [2.24, 2.45) is 0 Å². The van der Waals surface area contributed by atoms with E-state index in [2.05, 4.69) is 23.7 Å². The fourth-order valence-electron chi connectivity index (χ4n) is 1.99. The molecule has 0 atom stereocenters. The lowest BCUT2D eigenvalue weighted by Gasteiger charge is -2.10. The van der Waals surface area contributed by atoms with E-state index in [1.54, 1.807) is 13.1 Å². The molecular formula is C16H18N2O3. The summed E-state index contributed by atoms with van der Waals surface area (Å²) in [5.74, 6) is -0.287. The fourth-order valence-corrected chi connectivity index (χ4v) is 1.99. The van der Waals surface area contributed by atoms with Crippen LogP contribution in [-0.4, -0.2) is 22.9 Å². The molecule has 0 aliphatic rings. The number of rotatable bonds is 3. The molecule has 0 N–H and O–H groups in total. The topological polar surface area (TPSA) is 61.2 Å². The van der Waals surface area contributed by atoms with Gasteiger partial charge in [0.2, 0.25) is 11.1 Å². The van der Waals surface area contributed by atoms with Gasteiger partial charge in [-0.1, -0.05) is 26.0 Å². The molecule has 5 nitrogen and oxygen atoms in total. The van der Waals surface area contributed by atoms with Crippen LogP contribution in [0, 0.1) is 6.92 Å². The van der Waals surface area contributed by atoms with Gasteiger partial charge < -0.3 is 4.74 Å². The normalized spacial score (nSPS) is 10.7. The second-order valence-electron chi connectivity index (χ2n) is 5.17.